The van der Waals surface area contributed by atoms with Crippen LogP contribution in [0.4, 0.5) is 4.39 Å². The van der Waals surface area contributed by atoms with Crippen LogP contribution in [0.25, 0.3) is 0 Å². The predicted molar refractivity (Wildman–Crippen MR) is 101 cm³/mol. The van der Waals surface area contributed by atoms with Crippen molar-refractivity contribution < 1.29 is 18.8 Å². The molecule has 0 aromatic heterocycles. The second-order valence-electron chi connectivity index (χ2n) is 6.23. The average molecular weight is 368 g/mol. The molecular formula is C21H21FN2O3. The van der Waals surface area contributed by atoms with Crippen LogP contribution in [0.1, 0.15) is 22.3 Å². The number of carbonyl (C=O) groups is 1. The largest absolute Gasteiger partial charge is 0.490 e. The number of oxime groups is 1. The quantitative estimate of drug-likeness (QED) is 0.726. The summed E-state index contributed by atoms with van der Waals surface area (Å²) in [4.78, 5) is 17.7. The van der Waals surface area contributed by atoms with Crippen LogP contribution in [0, 0.1) is 5.82 Å². The van der Waals surface area contributed by atoms with Crippen molar-refractivity contribution in [1.82, 2.24) is 5.32 Å². The van der Waals surface area contributed by atoms with Gasteiger partial charge in [0.05, 0.1) is 12.3 Å². The molecule has 5 nitrogen and oxygen atoms in total. The van der Waals surface area contributed by atoms with Gasteiger partial charge in [-0.05, 0) is 35.9 Å². The summed E-state index contributed by atoms with van der Waals surface area (Å²) in [5.41, 5.74) is 2.19. The molecule has 3 rings (SSSR count). The van der Waals surface area contributed by atoms with Crippen molar-refractivity contribution in [2.75, 3.05) is 13.2 Å². The Labute approximate surface area is 157 Å². The molecule has 0 spiro atoms. The molecule has 0 unspecified atom stereocenters. The van der Waals surface area contributed by atoms with E-state index in [-0.39, 0.29) is 17.8 Å². The Kier molecular flexibility index (Phi) is 6.20. The summed E-state index contributed by atoms with van der Waals surface area (Å²) >= 11 is 0. The maximum absolute atomic E-state index is 13.3. The van der Waals surface area contributed by atoms with E-state index in [0.717, 1.165) is 11.3 Å². The number of nitrogens with one attached hydrogen (secondary N) is 1. The molecule has 1 amide bonds. The number of ether oxygens (including phenoxy) is 1. The van der Waals surface area contributed by atoms with Crippen LogP contribution in [0.3, 0.4) is 0 Å². The number of hydrogen-bond donors (Lipinski definition) is 1. The summed E-state index contributed by atoms with van der Waals surface area (Å²) in [7, 11) is 0. The van der Waals surface area contributed by atoms with Crippen molar-refractivity contribution in [1.29, 1.82) is 0 Å². The molecule has 1 aliphatic rings. The van der Waals surface area contributed by atoms with Gasteiger partial charge in [0.25, 0.3) is 5.91 Å². The first-order valence-corrected chi connectivity index (χ1v) is 8.72. The third-order valence-electron chi connectivity index (χ3n) is 4.05. The zero-order chi connectivity index (χ0) is 19.1. The number of benzene rings is 2. The molecular weight excluding hydrogens is 347 g/mol. The maximum atomic E-state index is 13.3. The monoisotopic (exact) mass is 368 g/mol. The van der Waals surface area contributed by atoms with Crippen LogP contribution in [-0.4, -0.2) is 30.9 Å². The molecule has 0 bridgehead atoms. The summed E-state index contributed by atoms with van der Waals surface area (Å²) in [6.45, 7) is 4.32. The van der Waals surface area contributed by atoms with Gasteiger partial charge in [-0.15, -0.1) is 0 Å². The van der Waals surface area contributed by atoms with Gasteiger partial charge in [0, 0.05) is 18.4 Å². The summed E-state index contributed by atoms with van der Waals surface area (Å²) in [5.74, 6) is 0.136. The minimum Gasteiger partial charge on any atom is -0.490 e. The highest BCUT2D eigenvalue weighted by Crippen LogP contribution is 2.16. The summed E-state index contributed by atoms with van der Waals surface area (Å²) in [5, 5.41) is 6.90. The van der Waals surface area contributed by atoms with E-state index in [0.29, 0.717) is 37.3 Å². The number of carbonyl (C=O) groups excluding carboxylic acids is 1. The SMILES string of the molecule is C=CCOc1cccc(C(=O)NC[C@@H]2CC(Cc3cccc(F)c3)=NO2)c1. The molecule has 2 aromatic carbocycles. The molecule has 1 heterocycles. The summed E-state index contributed by atoms with van der Waals surface area (Å²) < 4.78 is 18.7. The van der Waals surface area contributed by atoms with Crippen molar-refractivity contribution in [3.05, 3.63) is 78.1 Å². The fraction of sp³-hybridized carbons (Fsp3) is 0.238. The Morgan fingerprint density at radius 1 is 1.33 bits per heavy atom. The number of amides is 1. The van der Waals surface area contributed by atoms with Gasteiger partial charge in [-0.1, -0.05) is 36.0 Å². The van der Waals surface area contributed by atoms with Crippen LogP contribution in [0.15, 0.2) is 66.3 Å². The highest BCUT2D eigenvalue weighted by atomic mass is 19.1. The minimum absolute atomic E-state index is 0.207. The van der Waals surface area contributed by atoms with E-state index in [9.17, 15) is 9.18 Å². The van der Waals surface area contributed by atoms with Crippen LogP contribution in [-0.2, 0) is 11.3 Å². The summed E-state index contributed by atoms with van der Waals surface area (Å²) in [6.07, 6.45) is 2.55. The third kappa shape index (κ3) is 5.41. The van der Waals surface area contributed by atoms with Crippen LogP contribution in [0.5, 0.6) is 5.75 Å². The number of hydrogen-bond acceptors (Lipinski definition) is 4. The number of nitrogens with zero attached hydrogens (tertiary/aromatic N) is 1. The zero-order valence-corrected chi connectivity index (χ0v) is 14.9. The first-order valence-electron chi connectivity index (χ1n) is 8.72. The highest BCUT2D eigenvalue weighted by Gasteiger charge is 2.22. The first kappa shape index (κ1) is 18.6. The van der Waals surface area contributed by atoms with Gasteiger partial charge in [-0.25, -0.2) is 4.39 Å². The summed E-state index contributed by atoms with van der Waals surface area (Å²) in [6, 6.07) is 13.4. The molecule has 140 valence electrons. The standard InChI is InChI=1S/C21H21FN2O3/c1-2-9-26-19-8-4-6-16(12-19)21(25)23-14-20-13-18(24-27-20)11-15-5-3-7-17(22)10-15/h2-8,10,12,20H,1,9,11,13-14H2,(H,23,25)/t20-/m0/s1. The Bertz CT molecular complexity index is 851. The highest BCUT2D eigenvalue weighted by molar-refractivity contribution is 5.94. The van der Waals surface area contributed by atoms with Gasteiger partial charge in [-0.3, -0.25) is 4.79 Å². The van der Waals surface area contributed by atoms with Gasteiger partial charge in [-0.2, -0.15) is 0 Å². The van der Waals surface area contributed by atoms with Crippen molar-refractivity contribution >= 4 is 11.6 Å². The van der Waals surface area contributed by atoms with Crippen molar-refractivity contribution in [3.8, 4) is 5.75 Å². The van der Waals surface area contributed by atoms with E-state index in [1.165, 1.54) is 12.1 Å². The van der Waals surface area contributed by atoms with Crippen LogP contribution >= 0.6 is 0 Å². The lowest BCUT2D eigenvalue weighted by atomic mass is 10.0. The molecule has 0 fully saturated rings. The average Bonchev–Trinajstić information content (AvgIpc) is 3.12. The molecule has 1 N–H and O–H groups in total. The fourth-order valence-electron chi connectivity index (χ4n) is 2.77. The fourth-order valence-corrected chi connectivity index (χ4v) is 2.77. The van der Waals surface area contributed by atoms with E-state index < -0.39 is 0 Å². The lowest BCUT2D eigenvalue weighted by Gasteiger charge is -2.11. The van der Waals surface area contributed by atoms with Crippen molar-refractivity contribution in [2.24, 2.45) is 5.16 Å². The Balaban J connectivity index is 1.47. The number of halogens is 1. The Hall–Kier alpha value is -3.15. The van der Waals surface area contributed by atoms with E-state index >= 15 is 0 Å². The zero-order valence-electron chi connectivity index (χ0n) is 14.9. The van der Waals surface area contributed by atoms with E-state index in [4.69, 9.17) is 9.57 Å². The Morgan fingerprint density at radius 2 is 2.19 bits per heavy atom. The first-order chi connectivity index (χ1) is 13.1. The smallest absolute Gasteiger partial charge is 0.251 e. The van der Waals surface area contributed by atoms with Crippen LogP contribution in [0.2, 0.25) is 0 Å². The van der Waals surface area contributed by atoms with Gasteiger partial charge in [0.1, 0.15) is 24.3 Å². The minimum atomic E-state index is -0.268. The second-order valence-corrected chi connectivity index (χ2v) is 6.23. The molecule has 0 saturated heterocycles. The van der Waals surface area contributed by atoms with Gasteiger partial charge >= 0.3 is 0 Å². The molecule has 2 aromatic rings. The van der Waals surface area contributed by atoms with E-state index in [2.05, 4.69) is 17.1 Å². The van der Waals surface area contributed by atoms with Gasteiger partial charge in [0.2, 0.25) is 0 Å². The van der Waals surface area contributed by atoms with Crippen molar-refractivity contribution in [3.63, 3.8) is 0 Å². The maximum Gasteiger partial charge on any atom is 0.251 e. The molecule has 0 saturated carbocycles. The van der Waals surface area contributed by atoms with Crippen LogP contribution < -0.4 is 10.1 Å². The van der Waals surface area contributed by atoms with Crippen molar-refractivity contribution in [2.45, 2.75) is 18.9 Å². The number of rotatable bonds is 8. The molecule has 1 atom stereocenters. The predicted octanol–water partition coefficient (Wildman–Crippen LogP) is 3.51. The van der Waals surface area contributed by atoms with E-state index in [1.54, 1.807) is 36.4 Å². The van der Waals surface area contributed by atoms with Gasteiger partial charge in [0.15, 0.2) is 0 Å². The molecule has 1 aliphatic heterocycles. The molecule has 27 heavy (non-hydrogen) atoms. The topological polar surface area (TPSA) is 59.9 Å². The lowest BCUT2D eigenvalue weighted by molar-refractivity contribution is 0.0753. The second kappa shape index (κ2) is 8.98. The normalized spacial score (nSPS) is 15.6. The van der Waals surface area contributed by atoms with Gasteiger partial charge < -0.3 is 14.9 Å². The lowest BCUT2D eigenvalue weighted by Crippen LogP contribution is -2.32. The Morgan fingerprint density at radius 3 is 3.00 bits per heavy atom. The third-order valence-corrected chi connectivity index (χ3v) is 4.05. The molecule has 0 aliphatic carbocycles. The molecule has 6 heteroatoms. The van der Waals surface area contributed by atoms with E-state index in [1.807, 2.05) is 6.07 Å². The molecule has 0 radical (unpaired) electrons.